The molecule has 0 fully saturated rings. The maximum absolute atomic E-state index is 11.7. The summed E-state index contributed by atoms with van der Waals surface area (Å²) < 4.78 is 5.24. The summed E-state index contributed by atoms with van der Waals surface area (Å²) in [6.45, 7) is 9.70. The molecule has 0 heterocycles. The Morgan fingerprint density at radius 1 is 1.31 bits per heavy atom. The molecule has 3 heteroatoms. The van der Waals surface area contributed by atoms with Crippen LogP contribution in [0, 0.1) is 5.92 Å². The molecular weight excluding hydrogens is 202 g/mol. The zero-order valence-electron chi connectivity index (χ0n) is 10.9. The average Bonchev–Trinajstić information content (AvgIpc) is 2.23. The van der Waals surface area contributed by atoms with E-state index in [0.29, 0.717) is 18.1 Å². The first-order valence-corrected chi connectivity index (χ1v) is 5.69. The molecule has 1 unspecified atom stereocenters. The Morgan fingerprint density at radius 2 is 1.88 bits per heavy atom. The summed E-state index contributed by atoms with van der Waals surface area (Å²) in [5.74, 6) is 0.620. The van der Waals surface area contributed by atoms with Gasteiger partial charge < -0.3 is 10.5 Å². The maximum atomic E-state index is 11.7. The van der Waals surface area contributed by atoms with Gasteiger partial charge in [-0.05, 0) is 44.8 Å². The molecule has 0 amide bonds. The van der Waals surface area contributed by atoms with Crippen molar-refractivity contribution in [1.82, 2.24) is 0 Å². The zero-order valence-corrected chi connectivity index (χ0v) is 10.9. The number of hydrogen-bond acceptors (Lipinski definition) is 3. The van der Waals surface area contributed by atoms with Crippen molar-refractivity contribution in [1.29, 1.82) is 0 Å². The monoisotopic (exact) mass is 225 g/mol. The van der Waals surface area contributed by atoms with Crippen LogP contribution >= 0.6 is 0 Å². The highest BCUT2D eigenvalue weighted by Crippen LogP contribution is 2.13. The lowest BCUT2D eigenvalue weighted by molar-refractivity contribution is -0.141. The van der Waals surface area contributed by atoms with E-state index >= 15 is 0 Å². The first-order valence-electron chi connectivity index (χ1n) is 5.69. The summed E-state index contributed by atoms with van der Waals surface area (Å²) in [4.78, 5) is 11.7. The quantitative estimate of drug-likeness (QED) is 0.444. The number of carbonyl (C=O) groups is 1. The van der Waals surface area contributed by atoms with Crippen molar-refractivity contribution in [3.8, 4) is 0 Å². The molecule has 92 valence electrons. The molecule has 0 aromatic rings. The molecule has 0 aliphatic rings. The third-order valence-corrected chi connectivity index (χ3v) is 2.32. The Morgan fingerprint density at radius 3 is 2.25 bits per heavy atom. The van der Waals surface area contributed by atoms with Crippen molar-refractivity contribution >= 4 is 5.97 Å². The molecule has 0 aliphatic carbocycles. The number of esters is 1. The standard InChI is InChI=1S/C13H23NO2/c1-6-10(5)12(7-2)16-13(15)11(14)8-9(3)4/h6-7,9,11H,8,14H2,1-5H3. The van der Waals surface area contributed by atoms with Crippen LogP contribution in [0.4, 0.5) is 0 Å². The van der Waals surface area contributed by atoms with Gasteiger partial charge in [0.25, 0.3) is 0 Å². The van der Waals surface area contributed by atoms with E-state index in [9.17, 15) is 4.79 Å². The van der Waals surface area contributed by atoms with Crippen LogP contribution in [-0.2, 0) is 9.53 Å². The second kappa shape index (κ2) is 7.23. The summed E-state index contributed by atoms with van der Waals surface area (Å²) >= 11 is 0. The maximum Gasteiger partial charge on any atom is 0.328 e. The van der Waals surface area contributed by atoms with Gasteiger partial charge in [0.1, 0.15) is 11.8 Å². The first-order chi connectivity index (χ1) is 7.42. The number of nitrogens with two attached hydrogens (primary N) is 1. The van der Waals surface area contributed by atoms with E-state index in [4.69, 9.17) is 10.5 Å². The van der Waals surface area contributed by atoms with Crippen LogP contribution in [0.25, 0.3) is 0 Å². The molecule has 0 aromatic carbocycles. The van der Waals surface area contributed by atoms with Crippen LogP contribution in [0.5, 0.6) is 0 Å². The van der Waals surface area contributed by atoms with Crippen molar-refractivity contribution in [2.45, 2.75) is 47.1 Å². The van der Waals surface area contributed by atoms with Crippen molar-refractivity contribution in [2.75, 3.05) is 0 Å². The Balaban J connectivity index is 4.44. The van der Waals surface area contributed by atoms with Crippen molar-refractivity contribution in [2.24, 2.45) is 11.7 Å². The highest BCUT2D eigenvalue weighted by atomic mass is 16.5. The van der Waals surface area contributed by atoms with E-state index in [0.717, 1.165) is 5.57 Å². The minimum atomic E-state index is -0.542. The second-order valence-electron chi connectivity index (χ2n) is 4.28. The van der Waals surface area contributed by atoms with Gasteiger partial charge >= 0.3 is 5.97 Å². The van der Waals surface area contributed by atoms with Gasteiger partial charge in [-0.15, -0.1) is 0 Å². The smallest absolute Gasteiger partial charge is 0.328 e. The predicted molar refractivity (Wildman–Crippen MR) is 66.7 cm³/mol. The summed E-state index contributed by atoms with van der Waals surface area (Å²) in [6.07, 6.45) is 4.32. The normalized spacial score (nSPS) is 15.2. The minimum absolute atomic E-state index is 0.358. The molecule has 0 spiro atoms. The molecule has 0 rings (SSSR count). The largest absolute Gasteiger partial charge is 0.425 e. The predicted octanol–water partition coefficient (Wildman–Crippen LogP) is 2.77. The third-order valence-electron chi connectivity index (χ3n) is 2.32. The summed E-state index contributed by atoms with van der Waals surface area (Å²) in [5.41, 5.74) is 6.68. The molecule has 0 bridgehead atoms. The topological polar surface area (TPSA) is 52.3 Å². The van der Waals surface area contributed by atoms with Crippen LogP contribution in [0.2, 0.25) is 0 Å². The number of ether oxygens (including phenoxy) is 1. The van der Waals surface area contributed by atoms with Crippen LogP contribution in [0.15, 0.2) is 23.5 Å². The second-order valence-corrected chi connectivity index (χ2v) is 4.28. The lowest BCUT2D eigenvalue weighted by Crippen LogP contribution is -2.33. The molecule has 0 saturated heterocycles. The molecule has 16 heavy (non-hydrogen) atoms. The van der Waals surface area contributed by atoms with Crippen molar-refractivity contribution in [3.63, 3.8) is 0 Å². The Hall–Kier alpha value is -1.09. The van der Waals surface area contributed by atoms with Crippen molar-refractivity contribution < 1.29 is 9.53 Å². The van der Waals surface area contributed by atoms with E-state index in [-0.39, 0.29) is 5.97 Å². The zero-order chi connectivity index (χ0) is 12.7. The minimum Gasteiger partial charge on any atom is -0.425 e. The molecule has 0 saturated carbocycles. The lowest BCUT2D eigenvalue weighted by Gasteiger charge is -2.15. The van der Waals surface area contributed by atoms with E-state index in [1.807, 2.05) is 40.7 Å². The van der Waals surface area contributed by atoms with Crippen LogP contribution in [-0.4, -0.2) is 12.0 Å². The Labute approximate surface area is 98.4 Å². The highest BCUT2D eigenvalue weighted by molar-refractivity contribution is 5.77. The SMILES string of the molecule is CC=C(C)C(=CC)OC(=O)C(N)CC(C)C. The third kappa shape index (κ3) is 5.12. The van der Waals surface area contributed by atoms with E-state index in [1.54, 1.807) is 6.08 Å². The fraction of sp³-hybridized carbons (Fsp3) is 0.615. The van der Waals surface area contributed by atoms with E-state index in [1.165, 1.54) is 0 Å². The Kier molecular flexibility index (Phi) is 6.74. The number of hydrogen-bond donors (Lipinski definition) is 1. The van der Waals surface area contributed by atoms with Crippen molar-refractivity contribution in [3.05, 3.63) is 23.5 Å². The number of allylic oxidation sites excluding steroid dienone is 3. The number of rotatable bonds is 5. The lowest BCUT2D eigenvalue weighted by atomic mass is 10.0. The first kappa shape index (κ1) is 14.9. The van der Waals surface area contributed by atoms with Crippen LogP contribution in [0.1, 0.15) is 41.0 Å². The van der Waals surface area contributed by atoms with E-state index in [2.05, 4.69) is 0 Å². The van der Waals surface area contributed by atoms with Gasteiger partial charge in [0.15, 0.2) is 0 Å². The molecule has 1 atom stereocenters. The van der Waals surface area contributed by atoms with Gasteiger partial charge in [0, 0.05) is 0 Å². The fourth-order valence-electron chi connectivity index (χ4n) is 1.30. The van der Waals surface area contributed by atoms with E-state index < -0.39 is 6.04 Å². The Bertz CT molecular complexity index is 290. The summed E-state index contributed by atoms with van der Waals surface area (Å²) in [6, 6.07) is -0.542. The van der Waals surface area contributed by atoms with Crippen LogP contribution in [0.3, 0.4) is 0 Å². The molecule has 0 radical (unpaired) electrons. The highest BCUT2D eigenvalue weighted by Gasteiger charge is 2.18. The van der Waals surface area contributed by atoms with Gasteiger partial charge in [-0.3, -0.25) is 0 Å². The average molecular weight is 225 g/mol. The van der Waals surface area contributed by atoms with Gasteiger partial charge in [0.2, 0.25) is 0 Å². The summed E-state index contributed by atoms with van der Waals surface area (Å²) in [5, 5.41) is 0. The summed E-state index contributed by atoms with van der Waals surface area (Å²) in [7, 11) is 0. The van der Waals surface area contributed by atoms with Gasteiger partial charge in [-0.1, -0.05) is 19.9 Å². The van der Waals surface area contributed by atoms with Crippen LogP contribution < -0.4 is 5.73 Å². The molecule has 3 nitrogen and oxygen atoms in total. The molecule has 2 N–H and O–H groups in total. The molecule has 0 aliphatic heterocycles. The van der Waals surface area contributed by atoms with Gasteiger partial charge in [-0.25, -0.2) is 4.79 Å². The van der Waals surface area contributed by atoms with Gasteiger partial charge in [0.05, 0.1) is 0 Å². The number of carbonyl (C=O) groups excluding carboxylic acids is 1. The molecular formula is C13H23NO2. The molecule has 0 aromatic heterocycles. The van der Waals surface area contributed by atoms with Gasteiger partial charge in [-0.2, -0.15) is 0 Å². The fourth-order valence-corrected chi connectivity index (χ4v) is 1.30.